The van der Waals surface area contributed by atoms with Crippen LogP contribution < -0.4 is 5.73 Å². The molecule has 21 heavy (non-hydrogen) atoms. The van der Waals surface area contributed by atoms with E-state index in [9.17, 15) is 0 Å². The molecule has 2 nitrogen and oxygen atoms in total. The summed E-state index contributed by atoms with van der Waals surface area (Å²) in [5.74, 6) is 0.894. The highest BCUT2D eigenvalue weighted by molar-refractivity contribution is 7.80. The average Bonchev–Trinajstić information content (AvgIpc) is 2.53. The Bertz CT molecular complexity index is 471. The van der Waals surface area contributed by atoms with Crippen LogP contribution in [-0.4, -0.2) is 22.5 Å². The van der Waals surface area contributed by atoms with Gasteiger partial charge in [-0.25, -0.2) is 0 Å². The predicted molar refractivity (Wildman–Crippen MR) is 92.3 cm³/mol. The van der Waals surface area contributed by atoms with Crippen LogP contribution in [0.3, 0.4) is 0 Å². The summed E-state index contributed by atoms with van der Waals surface area (Å²) in [5, 5.41) is 0. The number of rotatable bonds is 4. The minimum absolute atomic E-state index is 0.370. The lowest BCUT2D eigenvalue weighted by Gasteiger charge is -2.48. The predicted octanol–water partition coefficient (Wildman–Crippen LogP) is 4.06. The Kier molecular flexibility index (Phi) is 4.91. The van der Waals surface area contributed by atoms with E-state index in [2.05, 4.69) is 35.2 Å². The molecule has 1 aliphatic carbocycles. The molecule has 0 radical (unpaired) electrons. The zero-order valence-corrected chi connectivity index (χ0v) is 13.5. The zero-order chi connectivity index (χ0) is 14.7. The number of hydrogen-bond acceptors (Lipinski definition) is 2. The van der Waals surface area contributed by atoms with Gasteiger partial charge in [0.2, 0.25) is 0 Å². The van der Waals surface area contributed by atoms with Gasteiger partial charge in [-0.1, -0.05) is 55.4 Å². The van der Waals surface area contributed by atoms with Crippen LogP contribution in [0.5, 0.6) is 0 Å². The van der Waals surface area contributed by atoms with E-state index in [0.717, 1.165) is 18.4 Å². The summed E-state index contributed by atoms with van der Waals surface area (Å²) >= 11 is 5.24. The van der Waals surface area contributed by atoms with E-state index >= 15 is 0 Å². The maximum atomic E-state index is 5.91. The van der Waals surface area contributed by atoms with Gasteiger partial charge in [0.25, 0.3) is 0 Å². The Hall–Kier alpha value is -0.930. The van der Waals surface area contributed by atoms with Crippen LogP contribution in [0.2, 0.25) is 0 Å². The summed E-state index contributed by atoms with van der Waals surface area (Å²) in [7, 11) is 0. The van der Waals surface area contributed by atoms with E-state index in [0.29, 0.717) is 11.0 Å². The molecule has 1 aliphatic heterocycles. The number of hydrogen-bond donors (Lipinski definition) is 1. The highest BCUT2D eigenvalue weighted by Gasteiger charge is 2.37. The first kappa shape index (κ1) is 15.0. The smallest absolute Gasteiger partial charge is 0.0746 e. The van der Waals surface area contributed by atoms with Gasteiger partial charge in [-0.15, -0.1) is 0 Å². The van der Waals surface area contributed by atoms with Gasteiger partial charge >= 0.3 is 0 Å². The summed E-state index contributed by atoms with van der Waals surface area (Å²) in [6.45, 7) is 1.20. The van der Waals surface area contributed by atoms with Crippen molar-refractivity contribution in [2.24, 2.45) is 11.7 Å². The van der Waals surface area contributed by atoms with Crippen molar-refractivity contribution in [1.82, 2.24) is 4.90 Å². The van der Waals surface area contributed by atoms with Crippen molar-refractivity contribution in [2.75, 3.05) is 6.54 Å². The lowest BCUT2D eigenvalue weighted by Crippen LogP contribution is -2.49. The molecule has 1 heterocycles. The number of benzene rings is 1. The standard InChI is InChI=1S/C18H26N2S/c19-18(21)13-17(15-7-2-1-3-8-15)20-12-6-10-14-9-4-5-11-16(14)20/h1-3,7-8,14,16-17H,4-6,9-13H2,(H2,19,21). The fraction of sp³-hybridized carbons (Fsp3) is 0.611. The van der Waals surface area contributed by atoms with E-state index in [1.54, 1.807) is 0 Å². The summed E-state index contributed by atoms with van der Waals surface area (Å²) < 4.78 is 0. The highest BCUT2D eigenvalue weighted by Crippen LogP contribution is 2.40. The molecule has 3 heteroatoms. The number of piperidine rings is 1. The van der Waals surface area contributed by atoms with Gasteiger partial charge in [-0.2, -0.15) is 0 Å². The number of fused-ring (bicyclic) bond motifs is 1. The minimum atomic E-state index is 0.370. The van der Waals surface area contributed by atoms with Crippen LogP contribution in [-0.2, 0) is 0 Å². The summed E-state index contributed by atoms with van der Waals surface area (Å²) in [6.07, 6.45) is 9.10. The van der Waals surface area contributed by atoms with Gasteiger partial charge in [0.05, 0.1) is 4.99 Å². The molecular weight excluding hydrogens is 276 g/mol. The molecule has 1 saturated heterocycles. The Morgan fingerprint density at radius 3 is 2.62 bits per heavy atom. The molecular formula is C18H26N2S. The van der Waals surface area contributed by atoms with Gasteiger partial charge < -0.3 is 5.73 Å². The first-order chi connectivity index (χ1) is 10.3. The third kappa shape index (κ3) is 3.46. The Balaban J connectivity index is 1.86. The molecule has 1 aromatic rings. The number of nitrogens with two attached hydrogens (primary N) is 1. The third-order valence-corrected chi connectivity index (χ3v) is 5.43. The SMILES string of the molecule is NC(=S)CC(c1ccccc1)N1CCCC2CCCCC21. The molecule has 0 spiro atoms. The minimum Gasteiger partial charge on any atom is -0.393 e. The van der Waals surface area contributed by atoms with Crippen molar-refractivity contribution in [3.05, 3.63) is 35.9 Å². The molecule has 3 atom stereocenters. The fourth-order valence-electron chi connectivity index (χ4n) is 4.34. The van der Waals surface area contributed by atoms with Gasteiger partial charge in [0.1, 0.15) is 0 Å². The van der Waals surface area contributed by atoms with E-state index in [1.165, 1.54) is 50.6 Å². The third-order valence-electron chi connectivity index (χ3n) is 5.27. The molecule has 2 aliphatic rings. The van der Waals surface area contributed by atoms with Gasteiger partial charge in [-0.3, -0.25) is 4.90 Å². The Morgan fingerprint density at radius 2 is 1.86 bits per heavy atom. The quantitative estimate of drug-likeness (QED) is 0.851. The van der Waals surface area contributed by atoms with E-state index in [4.69, 9.17) is 18.0 Å². The van der Waals surface area contributed by atoms with Crippen molar-refractivity contribution < 1.29 is 0 Å². The van der Waals surface area contributed by atoms with E-state index in [-0.39, 0.29) is 0 Å². The van der Waals surface area contributed by atoms with Crippen molar-refractivity contribution in [2.45, 2.75) is 57.0 Å². The molecule has 114 valence electrons. The van der Waals surface area contributed by atoms with Gasteiger partial charge in [-0.05, 0) is 43.7 Å². The van der Waals surface area contributed by atoms with Crippen LogP contribution in [0.15, 0.2) is 30.3 Å². The van der Waals surface area contributed by atoms with Crippen molar-refractivity contribution in [3.8, 4) is 0 Å². The number of thiocarbonyl (C=S) groups is 1. The van der Waals surface area contributed by atoms with Gasteiger partial charge in [0.15, 0.2) is 0 Å². The van der Waals surface area contributed by atoms with Crippen LogP contribution in [0.4, 0.5) is 0 Å². The molecule has 0 amide bonds. The second-order valence-corrected chi connectivity index (χ2v) is 7.11. The first-order valence-corrected chi connectivity index (χ1v) is 8.75. The number of likely N-dealkylation sites (tertiary alicyclic amines) is 1. The largest absolute Gasteiger partial charge is 0.393 e. The van der Waals surface area contributed by atoms with Crippen LogP contribution >= 0.6 is 12.2 Å². The second kappa shape index (κ2) is 6.89. The fourth-order valence-corrected chi connectivity index (χ4v) is 4.50. The summed E-state index contributed by atoms with van der Waals surface area (Å²) in [4.78, 5) is 3.36. The molecule has 3 unspecified atom stereocenters. The molecule has 0 aromatic heterocycles. The molecule has 2 N–H and O–H groups in total. The Labute approximate surface area is 133 Å². The first-order valence-electron chi connectivity index (χ1n) is 8.34. The maximum absolute atomic E-state index is 5.91. The zero-order valence-electron chi connectivity index (χ0n) is 12.7. The number of nitrogens with zero attached hydrogens (tertiary/aromatic N) is 1. The monoisotopic (exact) mass is 302 g/mol. The molecule has 1 aromatic carbocycles. The van der Waals surface area contributed by atoms with Crippen molar-refractivity contribution in [3.63, 3.8) is 0 Å². The summed E-state index contributed by atoms with van der Waals surface area (Å²) in [6, 6.07) is 11.9. The second-order valence-electron chi connectivity index (χ2n) is 6.59. The molecule has 2 fully saturated rings. The Morgan fingerprint density at radius 1 is 1.14 bits per heavy atom. The van der Waals surface area contributed by atoms with Crippen LogP contribution in [0.1, 0.15) is 56.6 Å². The van der Waals surface area contributed by atoms with Crippen LogP contribution in [0, 0.1) is 5.92 Å². The highest BCUT2D eigenvalue weighted by atomic mass is 32.1. The average molecular weight is 302 g/mol. The van der Waals surface area contributed by atoms with E-state index < -0.39 is 0 Å². The maximum Gasteiger partial charge on any atom is 0.0746 e. The normalized spacial score (nSPS) is 27.8. The lowest BCUT2D eigenvalue weighted by atomic mass is 9.77. The molecule has 3 rings (SSSR count). The lowest BCUT2D eigenvalue weighted by molar-refractivity contribution is 0.0271. The van der Waals surface area contributed by atoms with Gasteiger partial charge in [0, 0.05) is 18.5 Å². The van der Waals surface area contributed by atoms with Crippen molar-refractivity contribution in [1.29, 1.82) is 0 Å². The topological polar surface area (TPSA) is 29.3 Å². The van der Waals surface area contributed by atoms with E-state index in [1.807, 2.05) is 0 Å². The molecule has 1 saturated carbocycles. The molecule has 0 bridgehead atoms. The van der Waals surface area contributed by atoms with Crippen LogP contribution in [0.25, 0.3) is 0 Å². The van der Waals surface area contributed by atoms with Crippen molar-refractivity contribution >= 4 is 17.2 Å². The summed E-state index contributed by atoms with van der Waals surface area (Å²) in [5.41, 5.74) is 7.28.